The van der Waals surface area contributed by atoms with Gasteiger partial charge >= 0.3 is 0 Å². The summed E-state index contributed by atoms with van der Waals surface area (Å²) < 4.78 is 10.7. The molecule has 1 rings (SSSR count). The molecule has 5 heteroatoms. The number of aliphatic hydroxyl groups is 1. The van der Waals surface area contributed by atoms with Gasteiger partial charge in [0.2, 0.25) is 0 Å². The summed E-state index contributed by atoms with van der Waals surface area (Å²) in [5.41, 5.74) is 0. The van der Waals surface area contributed by atoms with Gasteiger partial charge in [-0.05, 0) is 37.5 Å². The second-order valence-corrected chi connectivity index (χ2v) is 5.72. The predicted molar refractivity (Wildman–Crippen MR) is 85.0 cm³/mol. The third-order valence-electron chi connectivity index (χ3n) is 2.94. The average Bonchev–Trinajstić information content (AvgIpc) is 2.49. The van der Waals surface area contributed by atoms with Crippen LogP contribution < -0.4 is 14.8 Å². The summed E-state index contributed by atoms with van der Waals surface area (Å²) >= 11 is 1.84. The number of benzene rings is 1. The number of nitrogens with one attached hydrogen (secondary N) is 1. The topological polar surface area (TPSA) is 50.7 Å². The standard InChI is InChI=1S/C15H25NO3S/c1-12(7-8-20-3)16-10-13(17)11-19-15-6-4-5-14(9-15)18-2/h4-6,9,12-13,16-17H,7-8,10-11H2,1-3H3/t12-,13-/m1/s1. The highest BCUT2D eigenvalue weighted by Gasteiger charge is 2.08. The number of rotatable bonds is 10. The molecule has 0 aliphatic carbocycles. The maximum absolute atomic E-state index is 9.89. The second kappa shape index (κ2) is 9.91. The molecule has 0 amide bonds. The lowest BCUT2D eigenvalue weighted by Crippen LogP contribution is -2.36. The Morgan fingerprint density at radius 1 is 1.35 bits per heavy atom. The van der Waals surface area contributed by atoms with Crippen molar-refractivity contribution in [3.8, 4) is 11.5 Å². The molecule has 1 aromatic carbocycles. The fraction of sp³-hybridized carbons (Fsp3) is 0.600. The third kappa shape index (κ3) is 7.03. The van der Waals surface area contributed by atoms with Crippen molar-refractivity contribution >= 4 is 11.8 Å². The van der Waals surface area contributed by atoms with E-state index in [4.69, 9.17) is 9.47 Å². The molecular weight excluding hydrogens is 274 g/mol. The normalized spacial score (nSPS) is 13.8. The minimum atomic E-state index is -0.516. The largest absolute Gasteiger partial charge is 0.497 e. The molecule has 0 radical (unpaired) electrons. The molecule has 0 aliphatic heterocycles. The van der Waals surface area contributed by atoms with E-state index >= 15 is 0 Å². The maximum atomic E-state index is 9.89. The number of thioether (sulfide) groups is 1. The molecule has 0 aliphatic rings. The first-order chi connectivity index (χ1) is 9.65. The first kappa shape index (κ1) is 17.1. The quantitative estimate of drug-likeness (QED) is 0.693. The van der Waals surface area contributed by atoms with Crippen molar-refractivity contribution in [2.75, 3.05) is 32.3 Å². The third-order valence-corrected chi connectivity index (χ3v) is 3.58. The number of hydrogen-bond acceptors (Lipinski definition) is 5. The summed E-state index contributed by atoms with van der Waals surface area (Å²) in [6.45, 7) is 2.95. The predicted octanol–water partition coefficient (Wildman–Crippen LogP) is 2.17. The zero-order chi connectivity index (χ0) is 14.8. The SMILES string of the molecule is COc1cccc(OC[C@H](O)CN[C@H](C)CCSC)c1. The van der Waals surface area contributed by atoms with Crippen molar-refractivity contribution in [2.24, 2.45) is 0 Å². The molecule has 2 atom stereocenters. The Bertz CT molecular complexity index is 376. The van der Waals surface area contributed by atoms with E-state index < -0.39 is 6.10 Å². The molecule has 1 aromatic rings. The van der Waals surface area contributed by atoms with Crippen LogP contribution in [0.25, 0.3) is 0 Å². The first-order valence-electron chi connectivity index (χ1n) is 6.83. The van der Waals surface area contributed by atoms with E-state index in [1.165, 1.54) is 0 Å². The highest BCUT2D eigenvalue weighted by Crippen LogP contribution is 2.18. The van der Waals surface area contributed by atoms with Crippen molar-refractivity contribution in [3.63, 3.8) is 0 Å². The Balaban J connectivity index is 2.23. The van der Waals surface area contributed by atoms with Crippen LogP contribution in [-0.2, 0) is 0 Å². The Hall–Kier alpha value is -0.910. The molecular formula is C15H25NO3S. The Labute approximate surface area is 125 Å². The number of ether oxygens (including phenoxy) is 2. The van der Waals surface area contributed by atoms with E-state index in [-0.39, 0.29) is 6.61 Å². The minimum Gasteiger partial charge on any atom is -0.497 e. The Kier molecular flexibility index (Phi) is 8.49. The molecule has 0 saturated carbocycles. The van der Waals surface area contributed by atoms with Crippen molar-refractivity contribution in [1.29, 1.82) is 0 Å². The van der Waals surface area contributed by atoms with E-state index in [2.05, 4.69) is 18.5 Å². The molecule has 0 unspecified atom stereocenters. The molecule has 0 fully saturated rings. The minimum absolute atomic E-state index is 0.273. The number of aliphatic hydroxyl groups excluding tert-OH is 1. The molecule has 0 heterocycles. The van der Waals surface area contributed by atoms with Crippen LogP contribution >= 0.6 is 11.8 Å². The lowest BCUT2D eigenvalue weighted by atomic mass is 10.2. The average molecular weight is 299 g/mol. The van der Waals surface area contributed by atoms with Gasteiger partial charge in [-0.1, -0.05) is 6.07 Å². The molecule has 0 aromatic heterocycles. The zero-order valence-electron chi connectivity index (χ0n) is 12.5. The highest BCUT2D eigenvalue weighted by molar-refractivity contribution is 7.98. The van der Waals surface area contributed by atoms with E-state index in [0.29, 0.717) is 18.3 Å². The van der Waals surface area contributed by atoms with Gasteiger partial charge in [0.15, 0.2) is 0 Å². The van der Waals surface area contributed by atoms with E-state index in [1.54, 1.807) is 13.2 Å². The van der Waals surface area contributed by atoms with Crippen molar-refractivity contribution in [3.05, 3.63) is 24.3 Å². The van der Waals surface area contributed by atoms with Crippen LogP contribution in [0.1, 0.15) is 13.3 Å². The molecule has 0 bridgehead atoms. The van der Waals surface area contributed by atoms with Crippen LogP contribution in [0.2, 0.25) is 0 Å². The van der Waals surface area contributed by atoms with E-state index in [9.17, 15) is 5.11 Å². The lowest BCUT2D eigenvalue weighted by Gasteiger charge is -2.17. The Morgan fingerprint density at radius 2 is 2.10 bits per heavy atom. The van der Waals surface area contributed by atoms with Gasteiger partial charge in [0.1, 0.15) is 24.2 Å². The summed E-state index contributed by atoms with van der Waals surface area (Å²) in [6.07, 6.45) is 2.69. The van der Waals surface area contributed by atoms with Crippen LogP contribution in [0.4, 0.5) is 0 Å². The molecule has 2 N–H and O–H groups in total. The lowest BCUT2D eigenvalue weighted by molar-refractivity contribution is 0.104. The van der Waals surface area contributed by atoms with Gasteiger partial charge in [-0.25, -0.2) is 0 Å². The highest BCUT2D eigenvalue weighted by atomic mass is 32.2. The maximum Gasteiger partial charge on any atom is 0.123 e. The van der Waals surface area contributed by atoms with E-state index in [0.717, 1.165) is 17.9 Å². The van der Waals surface area contributed by atoms with Crippen LogP contribution in [0, 0.1) is 0 Å². The van der Waals surface area contributed by atoms with Crippen LogP contribution in [-0.4, -0.2) is 49.5 Å². The summed E-state index contributed by atoms with van der Waals surface area (Å²) in [5, 5.41) is 13.2. The van der Waals surface area contributed by atoms with Gasteiger partial charge in [-0.2, -0.15) is 11.8 Å². The van der Waals surface area contributed by atoms with Gasteiger partial charge < -0.3 is 19.9 Å². The van der Waals surface area contributed by atoms with Gasteiger partial charge in [0.05, 0.1) is 7.11 Å². The van der Waals surface area contributed by atoms with Crippen LogP contribution in [0.15, 0.2) is 24.3 Å². The summed E-state index contributed by atoms with van der Waals surface area (Å²) in [6, 6.07) is 7.79. The smallest absolute Gasteiger partial charge is 0.123 e. The summed E-state index contributed by atoms with van der Waals surface area (Å²) in [4.78, 5) is 0. The summed E-state index contributed by atoms with van der Waals surface area (Å²) in [5.74, 6) is 2.59. The first-order valence-corrected chi connectivity index (χ1v) is 8.22. The van der Waals surface area contributed by atoms with Crippen molar-refractivity contribution in [2.45, 2.75) is 25.5 Å². The van der Waals surface area contributed by atoms with Crippen LogP contribution in [0.3, 0.4) is 0 Å². The molecule has 4 nitrogen and oxygen atoms in total. The monoisotopic (exact) mass is 299 g/mol. The number of methoxy groups -OCH3 is 1. The molecule has 0 spiro atoms. The molecule has 20 heavy (non-hydrogen) atoms. The Morgan fingerprint density at radius 3 is 2.80 bits per heavy atom. The van der Waals surface area contributed by atoms with Gasteiger partial charge in [0.25, 0.3) is 0 Å². The molecule has 0 saturated heterocycles. The second-order valence-electron chi connectivity index (χ2n) is 4.73. The number of hydrogen-bond donors (Lipinski definition) is 2. The van der Waals surface area contributed by atoms with Gasteiger partial charge in [-0.15, -0.1) is 0 Å². The van der Waals surface area contributed by atoms with Crippen LogP contribution in [0.5, 0.6) is 11.5 Å². The van der Waals surface area contributed by atoms with Crippen molar-refractivity contribution < 1.29 is 14.6 Å². The van der Waals surface area contributed by atoms with Gasteiger partial charge in [0, 0.05) is 18.7 Å². The zero-order valence-corrected chi connectivity index (χ0v) is 13.3. The fourth-order valence-electron chi connectivity index (χ4n) is 1.68. The molecule has 114 valence electrons. The fourth-order valence-corrected chi connectivity index (χ4v) is 2.27. The van der Waals surface area contributed by atoms with Crippen molar-refractivity contribution in [1.82, 2.24) is 5.32 Å². The summed E-state index contributed by atoms with van der Waals surface area (Å²) in [7, 11) is 1.62. The van der Waals surface area contributed by atoms with E-state index in [1.807, 2.05) is 30.0 Å². The van der Waals surface area contributed by atoms with Gasteiger partial charge in [-0.3, -0.25) is 0 Å².